The number of nitrogens with one attached hydrogen (secondary N) is 2. The van der Waals surface area contributed by atoms with Gasteiger partial charge in [-0.2, -0.15) is 13.2 Å². The number of piperidine rings is 1. The summed E-state index contributed by atoms with van der Waals surface area (Å²) < 4.78 is 38.5. The lowest BCUT2D eigenvalue weighted by Crippen LogP contribution is -2.41. The monoisotopic (exact) mass is 435 g/mol. The van der Waals surface area contributed by atoms with E-state index in [0.29, 0.717) is 12.2 Å². The maximum Gasteiger partial charge on any atom is 0.416 e. The summed E-state index contributed by atoms with van der Waals surface area (Å²) in [6.07, 6.45) is -2.64. The van der Waals surface area contributed by atoms with Crippen LogP contribution in [0.15, 0.2) is 48.5 Å². The Bertz CT molecular complexity index is 933. The molecule has 1 atom stereocenters. The van der Waals surface area contributed by atoms with Gasteiger partial charge >= 0.3 is 6.18 Å². The highest BCUT2D eigenvalue weighted by atomic mass is 19.4. The van der Waals surface area contributed by atoms with Crippen LogP contribution < -0.4 is 10.6 Å². The number of likely N-dealkylation sites (tertiary alicyclic amines) is 1. The third-order valence-corrected chi connectivity index (χ3v) is 5.08. The zero-order valence-electron chi connectivity index (χ0n) is 16.8. The summed E-state index contributed by atoms with van der Waals surface area (Å²) in [6, 6.07) is 10.6. The Kier molecular flexibility index (Phi) is 7.29. The van der Waals surface area contributed by atoms with E-state index in [1.54, 1.807) is 12.1 Å². The summed E-state index contributed by atoms with van der Waals surface area (Å²) in [5.74, 6) is -0.657. The Balaban J connectivity index is 1.60. The molecule has 1 aliphatic rings. The van der Waals surface area contributed by atoms with Crippen molar-refractivity contribution in [1.82, 2.24) is 4.90 Å². The highest BCUT2D eigenvalue weighted by Crippen LogP contribution is 2.30. The molecule has 31 heavy (non-hydrogen) atoms. The average molecular weight is 435 g/mol. The minimum absolute atomic E-state index is 0.0257. The molecule has 1 saturated heterocycles. The number of nitrogens with zero attached hydrogens (tertiary/aromatic N) is 1. The van der Waals surface area contributed by atoms with E-state index < -0.39 is 17.6 Å². The molecular weight excluding hydrogens is 411 g/mol. The van der Waals surface area contributed by atoms with Crippen molar-refractivity contribution in [3.8, 4) is 0 Å². The van der Waals surface area contributed by atoms with Crippen molar-refractivity contribution in [2.45, 2.75) is 19.0 Å². The number of alkyl halides is 3. The smallest absolute Gasteiger partial charge is 0.396 e. The van der Waals surface area contributed by atoms with E-state index in [1.807, 2.05) is 4.90 Å². The average Bonchev–Trinajstić information content (AvgIpc) is 2.73. The molecule has 0 aromatic heterocycles. The summed E-state index contributed by atoms with van der Waals surface area (Å²) in [6.45, 7) is 1.71. The van der Waals surface area contributed by atoms with Gasteiger partial charge in [-0.1, -0.05) is 12.1 Å². The van der Waals surface area contributed by atoms with Gasteiger partial charge in [-0.15, -0.1) is 0 Å². The van der Waals surface area contributed by atoms with Crippen LogP contribution in [0.25, 0.3) is 0 Å². The Morgan fingerprint density at radius 2 is 1.77 bits per heavy atom. The Hall–Kier alpha value is -2.91. The number of aliphatic hydroxyl groups excluding tert-OH is 1. The van der Waals surface area contributed by atoms with Gasteiger partial charge in [0.05, 0.1) is 12.1 Å². The molecule has 1 aliphatic heterocycles. The van der Waals surface area contributed by atoms with E-state index in [0.717, 1.165) is 31.5 Å². The molecule has 3 rings (SSSR count). The number of carbonyl (C=O) groups excluding carboxylic acids is 2. The first kappa shape index (κ1) is 22.8. The van der Waals surface area contributed by atoms with Crippen molar-refractivity contribution in [2.24, 2.45) is 5.92 Å². The first-order valence-corrected chi connectivity index (χ1v) is 9.96. The third-order valence-electron chi connectivity index (χ3n) is 5.08. The first-order chi connectivity index (χ1) is 14.7. The van der Waals surface area contributed by atoms with Gasteiger partial charge in [-0.3, -0.25) is 14.5 Å². The van der Waals surface area contributed by atoms with Crippen molar-refractivity contribution in [1.29, 1.82) is 0 Å². The second-order valence-electron chi connectivity index (χ2n) is 7.59. The van der Waals surface area contributed by atoms with E-state index in [2.05, 4.69) is 10.6 Å². The van der Waals surface area contributed by atoms with Crippen LogP contribution in [0.3, 0.4) is 0 Å². The molecule has 3 N–H and O–H groups in total. The second kappa shape index (κ2) is 9.93. The number of carbonyl (C=O) groups is 2. The fraction of sp³-hybridized carbons (Fsp3) is 0.364. The van der Waals surface area contributed by atoms with Crippen molar-refractivity contribution in [2.75, 3.05) is 36.9 Å². The number of hydrogen-bond donors (Lipinski definition) is 3. The lowest BCUT2D eigenvalue weighted by molar-refractivity contribution is -0.137. The minimum Gasteiger partial charge on any atom is -0.396 e. The van der Waals surface area contributed by atoms with Crippen LogP contribution in [-0.2, 0) is 11.0 Å². The van der Waals surface area contributed by atoms with Crippen LogP contribution in [0.2, 0.25) is 0 Å². The van der Waals surface area contributed by atoms with Gasteiger partial charge < -0.3 is 15.7 Å². The molecule has 1 unspecified atom stereocenters. The molecule has 2 aromatic rings. The quantitative estimate of drug-likeness (QED) is 0.648. The number of aliphatic hydroxyl groups is 1. The van der Waals surface area contributed by atoms with Crippen molar-refractivity contribution >= 4 is 23.2 Å². The molecular formula is C22H24F3N3O3. The summed E-state index contributed by atoms with van der Waals surface area (Å²) >= 11 is 0. The van der Waals surface area contributed by atoms with E-state index in [1.165, 1.54) is 24.3 Å². The Labute approximate surface area is 178 Å². The predicted molar refractivity (Wildman–Crippen MR) is 111 cm³/mol. The van der Waals surface area contributed by atoms with E-state index in [9.17, 15) is 27.9 Å². The normalized spacial score (nSPS) is 17.2. The van der Waals surface area contributed by atoms with E-state index in [-0.39, 0.29) is 36.2 Å². The molecule has 0 saturated carbocycles. The van der Waals surface area contributed by atoms with Crippen LogP contribution in [0.1, 0.15) is 28.8 Å². The molecule has 2 aromatic carbocycles. The Morgan fingerprint density at radius 1 is 1.06 bits per heavy atom. The molecule has 0 radical (unpaired) electrons. The van der Waals surface area contributed by atoms with Gasteiger partial charge in [-0.25, -0.2) is 0 Å². The standard InChI is InChI=1S/C22H24F3N3O3/c23-22(24,25)17-6-2-8-19(11-17)27-21(31)16-5-1-7-18(10-16)26-20(30)13-28-9-3-4-15(12-28)14-29/h1-2,5-8,10-11,15,29H,3-4,9,12-14H2,(H,26,30)(H,27,31). The lowest BCUT2D eigenvalue weighted by Gasteiger charge is -2.31. The van der Waals surface area contributed by atoms with Gasteiger partial charge in [-0.05, 0) is 61.7 Å². The fourth-order valence-electron chi connectivity index (χ4n) is 3.56. The van der Waals surface area contributed by atoms with Crippen LogP contribution in [-0.4, -0.2) is 48.1 Å². The SMILES string of the molecule is O=C(CN1CCCC(CO)C1)Nc1cccc(C(=O)Nc2cccc(C(F)(F)F)c2)c1. The predicted octanol–water partition coefficient (Wildman–Crippen LogP) is 3.60. The van der Waals surface area contributed by atoms with Crippen LogP contribution in [0.4, 0.5) is 24.5 Å². The molecule has 6 nitrogen and oxygen atoms in total. The maximum atomic E-state index is 12.8. The number of hydrogen-bond acceptors (Lipinski definition) is 4. The summed E-state index contributed by atoms with van der Waals surface area (Å²) in [4.78, 5) is 26.8. The number of anilines is 2. The van der Waals surface area contributed by atoms with Crippen molar-refractivity contribution in [3.05, 3.63) is 59.7 Å². The molecule has 0 bridgehead atoms. The summed E-state index contributed by atoms with van der Waals surface area (Å²) in [5, 5.41) is 14.5. The van der Waals surface area contributed by atoms with Crippen molar-refractivity contribution < 1.29 is 27.9 Å². The second-order valence-corrected chi connectivity index (χ2v) is 7.59. The van der Waals surface area contributed by atoms with Gasteiger partial charge in [0.25, 0.3) is 5.91 Å². The van der Waals surface area contributed by atoms with Gasteiger partial charge in [0, 0.05) is 30.1 Å². The zero-order chi connectivity index (χ0) is 22.4. The highest BCUT2D eigenvalue weighted by Gasteiger charge is 2.30. The maximum absolute atomic E-state index is 12.8. The molecule has 166 valence electrons. The van der Waals surface area contributed by atoms with Gasteiger partial charge in [0.2, 0.25) is 5.91 Å². The van der Waals surface area contributed by atoms with Gasteiger partial charge in [0.15, 0.2) is 0 Å². The summed E-state index contributed by atoms with van der Waals surface area (Å²) in [5.41, 5.74) is -0.212. The van der Waals surface area contributed by atoms with Crippen LogP contribution in [0.5, 0.6) is 0 Å². The molecule has 0 aliphatic carbocycles. The molecule has 9 heteroatoms. The third kappa shape index (κ3) is 6.53. The highest BCUT2D eigenvalue weighted by molar-refractivity contribution is 6.05. The van der Waals surface area contributed by atoms with Gasteiger partial charge in [0.1, 0.15) is 0 Å². The van der Waals surface area contributed by atoms with E-state index >= 15 is 0 Å². The summed E-state index contributed by atoms with van der Waals surface area (Å²) in [7, 11) is 0. The van der Waals surface area contributed by atoms with Crippen molar-refractivity contribution in [3.63, 3.8) is 0 Å². The number of halogens is 3. The first-order valence-electron chi connectivity index (χ1n) is 9.96. The molecule has 0 spiro atoms. The largest absolute Gasteiger partial charge is 0.416 e. The van der Waals surface area contributed by atoms with Crippen LogP contribution >= 0.6 is 0 Å². The number of benzene rings is 2. The minimum atomic E-state index is -4.50. The molecule has 1 heterocycles. The fourth-order valence-corrected chi connectivity index (χ4v) is 3.56. The number of rotatable bonds is 6. The number of amides is 2. The van der Waals surface area contributed by atoms with Crippen LogP contribution in [0, 0.1) is 5.92 Å². The Morgan fingerprint density at radius 3 is 2.48 bits per heavy atom. The molecule has 2 amide bonds. The zero-order valence-corrected chi connectivity index (χ0v) is 16.8. The topological polar surface area (TPSA) is 81.7 Å². The van der Waals surface area contributed by atoms with E-state index in [4.69, 9.17) is 0 Å². The lowest BCUT2D eigenvalue weighted by atomic mass is 9.99. The molecule has 1 fully saturated rings.